The highest BCUT2D eigenvalue weighted by atomic mass is 35.5. The largest absolute Gasteiger partial charge is 0.488 e. The Bertz CT molecular complexity index is 946. The Kier molecular flexibility index (Phi) is 6.32. The Hall–Kier alpha value is -2.43. The standard InChI is InChI=1S/C22H21Cl2NO3/c1-13-11-16(21(14(2)25-13)22(26)27-3)15-7-4-5-10-20(15)28-12-17-18(23)8-6-9-19(17)24/h4-11,16,25H,12H2,1-3H3. The molecule has 0 amide bonds. The van der Waals surface area contributed by atoms with Gasteiger partial charge in [-0.05, 0) is 32.0 Å². The summed E-state index contributed by atoms with van der Waals surface area (Å²) in [7, 11) is 1.38. The molecule has 1 unspecified atom stereocenters. The van der Waals surface area contributed by atoms with Crippen molar-refractivity contribution in [2.75, 3.05) is 7.11 Å². The van der Waals surface area contributed by atoms with Gasteiger partial charge in [-0.3, -0.25) is 0 Å². The molecular weight excluding hydrogens is 397 g/mol. The van der Waals surface area contributed by atoms with Crippen LogP contribution in [0.15, 0.2) is 65.5 Å². The van der Waals surface area contributed by atoms with E-state index in [2.05, 4.69) is 5.32 Å². The molecule has 2 aromatic rings. The van der Waals surface area contributed by atoms with E-state index in [1.165, 1.54) is 7.11 Å². The molecule has 0 bridgehead atoms. The molecule has 1 aliphatic rings. The maximum absolute atomic E-state index is 12.4. The van der Waals surface area contributed by atoms with E-state index in [0.29, 0.717) is 21.4 Å². The number of allylic oxidation sites excluding steroid dienone is 3. The lowest BCUT2D eigenvalue weighted by Crippen LogP contribution is -2.25. The molecule has 1 atom stereocenters. The zero-order valence-corrected chi connectivity index (χ0v) is 17.4. The predicted molar refractivity (Wildman–Crippen MR) is 112 cm³/mol. The topological polar surface area (TPSA) is 47.6 Å². The average Bonchev–Trinajstić information content (AvgIpc) is 2.67. The first-order valence-electron chi connectivity index (χ1n) is 8.81. The maximum Gasteiger partial charge on any atom is 0.336 e. The van der Waals surface area contributed by atoms with Gasteiger partial charge in [0.25, 0.3) is 0 Å². The van der Waals surface area contributed by atoms with Crippen molar-refractivity contribution in [2.45, 2.75) is 26.4 Å². The molecule has 0 fully saturated rings. The summed E-state index contributed by atoms with van der Waals surface area (Å²) in [4.78, 5) is 12.4. The van der Waals surface area contributed by atoms with Gasteiger partial charge in [0.05, 0.1) is 12.7 Å². The highest BCUT2D eigenvalue weighted by Crippen LogP contribution is 2.38. The van der Waals surface area contributed by atoms with Crippen molar-refractivity contribution in [3.05, 3.63) is 86.7 Å². The smallest absolute Gasteiger partial charge is 0.336 e. The normalized spacial score (nSPS) is 16.3. The second-order valence-corrected chi connectivity index (χ2v) is 7.32. The minimum Gasteiger partial charge on any atom is -0.488 e. The molecule has 6 heteroatoms. The summed E-state index contributed by atoms with van der Waals surface area (Å²) in [6.07, 6.45) is 1.99. The minimum atomic E-state index is -0.372. The number of nitrogens with one attached hydrogen (secondary N) is 1. The molecule has 0 aromatic heterocycles. The number of esters is 1. The molecule has 28 heavy (non-hydrogen) atoms. The first kappa shape index (κ1) is 20.3. The third kappa shape index (κ3) is 4.18. The Morgan fingerprint density at radius 1 is 1.07 bits per heavy atom. The zero-order valence-electron chi connectivity index (χ0n) is 15.9. The molecule has 0 aliphatic carbocycles. The number of carbonyl (C=O) groups excluding carboxylic acids is 1. The number of dihydropyridines is 1. The number of hydrogen-bond donors (Lipinski definition) is 1. The summed E-state index contributed by atoms with van der Waals surface area (Å²) in [5.41, 5.74) is 3.86. The van der Waals surface area contributed by atoms with E-state index in [4.69, 9.17) is 32.7 Å². The van der Waals surface area contributed by atoms with Crippen LogP contribution < -0.4 is 10.1 Å². The number of methoxy groups -OCH3 is 1. The van der Waals surface area contributed by atoms with Crippen LogP contribution in [0.3, 0.4) is 0 Å². The SMILES string of the molecule is COC(=O)C1=C(C)NC(C)=CC1c1ccccc1OCc1c(Cl)cccc1Cl. The van der Waals surface area contributed by atoms with Crippen molar-refractivity contribution in [2.24, 2.45) is 0 Å². The summed E-state index contributed by atoms with van der Waals surface area (Å²) in [5.74, 6) is -0.00189. The molecule has 1 aliphatic heterocycles. The van der Waals surface area contributed by atoms with E-state index in [-0.39, 0.29) is 18.5 Å². The van der Waals surface area contributed by atoms with Crippen LogP contribution >= 0.6 is 23.2 Å². The number of rotatable bonds is 5. The van der Waals surface area contributed by atoms with Crippen molar-refractivity contribution >= 4 is 29.2 Å². The second-order valence-electron chi connectivity index (χ2n) is 6.51. The van der Waals surface area contributed by atoms with Crippen molar-refractivity contribution in [3.8, 4) is 5.75 Å². The highest BCUT2D eigenvalue weighted by molar-refractivity contribution is 6.35. The average molecular weight is 418 g/mol. The van der Waals surface area contributed by atoms with Crippen LogP contribution in [0.1, 0.15) is 30.9 Å². The molecule has 1 heterocycles. The zero-order chi connectivity index (χ0) is 20.3. The van der Waals surface area contributed by atoms with E-state index in [1.807, 2.05) is 44.2 Å². The predicted octanol–water partition coefficient (Wildman–Crippen LogP) is 5.61. The Morgan fingerprint density at radius 3 is 2.43 bits per heavy atom. The van der Waals surface area contributed by atoms with Gasteiger partial charge in [0.15, 0.2) is 0 Å². The number of benzene rings is 2. The molecule has 146 valence electrons. The van der Waals surface area contributed by atoms with Crippen molar-refractivity contribution in [3.63, 3.8) is 0 Å². The lowest BCUT2D eigenvalue weighted by atomic mass is 9.86. The molecule has 0 spiro atoms. The fourth-order valence-corrected chi connectivity index (χ4v) is 3.80. The lowest BCUT2D eigenvalue weighted by Gasteiger charge is -2.26. The van der Waals surface area contributed by atoms with Gasteiger partial charge in [0.1, 0.15) is 12.4 Å². The van der Waals surface area contributed by atoms with E-state index in [9.17, 15) is 4.79 Å². The van der Waals surface area contributed by atoms with Crippen molar-refractivity contribution in [1.29, 1.82) is 0 Å². The molecule has 1 N–H and O–H groups in total. The van der Waals surface area contributed by atoms with E-state index in [1.54, 1.807) is 18.2 Å². The van der Waals surface area contributed by atoms with E-state index < -0.39 is 0 Å². The highest BCUT2D eigenvalue weighted by Gasteiger charge is 2.29. The molecule has 4 nitrogen and oxygen atoms in total. The summed E-state index contributed by atoms with van der Waals surface area (Å²) >= 11 is 12.5. The van der Waals surface area contributed by atoms with Crippen LogP contribution in [0.4, 0.5) is 0 Å². The molecular formula is C22H21Cl2NO3. The Labute approximate surface area is 174 Å². The minimum absolute atomic E-state index is 0.222. The third-order valence-electron chi connectivity index (χ3n) is 4.61. The van der Waals surface area contributed by atoms with Gasteiger partial charge in [-0.1, -0.05) is 53.5 Å². The summed E-state index contributed by atoms with van der Waals surface area (Å²) in [5, 5.41) is 4.30. The van der Waals surface area contributed by atoms with Gasteiger partial charge in [0, 0.05) is 38.5 Å². The molecule has 3 rings (SSSR count). The molecule has 2 aromatic carbocycles. The Morgan fingerprint density at radius 2 is 1.75 bits per heavy atom. The van der Waals surface area contributed by atoms with Crippen molar-refractivity contribution < 1.29 is 14.3 Å². The quantitative estimate of drug-likeness (QED) is 0.642. The second kappa shape index (κ2) is 8.72. The summed E-state index contributed by atoms with van der Waals surface area (Å²) in [6.45, 7) is 4.04. The van der Waals surface area contributed by atoms with Gasteiger partial charge in [-0.25, -0.2) is 4.79 Å². The van der Waals surface area contributed by atoms with Gasteiger partial charge < -0.3 is 14.8 Å². The van der Waals surface area contributed by atoms with Gasteiger partial charge >= 0.3 is 5.97 Å². The first-order chi connectivity index (χ1) is 13.4. The van der Waals surface area contributed by atoms with Crippen LogP contribution in [-0.2, 0) is 16.1 Å². The summed E-state index contributed by atoms with van der Waals surface area (Å²) in [6, 6.07) is 13.0. The van der Waals surface area contributed by atoms with Gasteiger partial charge in [-0.2, -0.15) is 0 Å². The lowest BCUT2D eigenvalue weighted by molar-refractivity contribution is -0.136. The van der Waals surface area contributed by atoms with Crippen LogP contribution in [0.2, 0.25) is 10.0 Å². The van der Waals surface area contributed by atoms with E-state index in [0.717, 1.165) is 22.5 Å². The van der Waals surface area contributed by atoms with Gasteiger partial charge in [-0.15, -0.1) is 0 Å². The monoisotopic (exact) mass is 417 g/mol. The van der Waals surface area contributed by atoms with Crippen LogP contribution in [-0.4, -0.2) is 13.1 Å². The number of para-hydroxylation sites is 1. The van der Waals surface area contributed by atoms with E-state index >= 15 is 0 Å². The van der Waals surface area contributed by atoms with Crippen LogP contribution in [0, 0.1) is 0 Å². The number of carbonyl (C=O) groups is 1. The molecule has 0 saturated heterocycles. The summed E-state index contributed by atoms with van der Waals surface area (Å²) < 4.78 is 11.1. The van der Waals surface area contributed by atoms with Crippen LogP contribution in [0.5, 0.6) is 5.75 Å². The fraction of sp³-hybridized carbons (Fsp3) is 0.227. The third-order valence-corrected chi connectivity index (χ3v) is 5.32. The fourth-order valence-electron chi connectivity index (χ4n) is 3.30. The first-order valence-corrected chi connectivity index (χ1v) is 9.57. The Balaban J connectivity index is 1.97. The number of hydrogen-bond acceptors (Lipinski definition) is 4. The van der Waals surface area contributed by atoms with Gasteiger partial charge in [0.2, 0.25) is 0 Å². The molecule has 0 radical (unpaired) electrons. The number of ether oxygens (including phenoxy) is 2. The molecule has 0 saturated carbocycles. The number of halogens is 2. The van der Waals surface area contributed by atoms with Crippen LogP contribution in [0.25, 0.3) is 0 Å². The van der Waals surface area contributed by atoms with Crippen molar-refractivity contribution in [1.82, 2.24) is 5.32 Å². The maximum atomic E-state index is 12.4.